The van der Waals surface area contributed by atoms with Crippen LogP contribution in [0.25, 0.3) is 10.9 Å². The number of carbonyl (C=O) groups is 2. The highest BCUT2D eigenvalue weighted by atomic mass is 19.1. The minimum atomic E-state index is -0.326. The third kappa shape index (κ3) is 3.37. The molecule has 1 aromatic carbocycles. The van der Waals surface area contributed by atoms with E-state index in [1.807, 2.05) is 7.05 Å². The van der Waals surface area contributed by atoms with Crippen LogP contribution in [-0.2, 0) is 11.8 Å². The number of aryl methyl sites for hydroxylation is 1. The molecule has 0 saturated carbocycles. The van der Waals surface area contributed by atoms with Gasteiger partial charge < -0.3 is 19.7 Å². The van der Waals surface area contributed by atoms with Crippen LogP contribution in [0.1, 0.15) is 10.5 Å². The fourth-order valence-electron chi connectivity index (χ4n) is 3.42. The maximum Gasteiger partial charge on any atom is 0.270 e. The Morgan fingerprint density at radius 1 is 1.16 bits per heavy atom. The summed E-state index contributed by atoms with van der Waals surface area (Å²) in [5.41, 5.74) is 1.31. The molecule has 3 rings (SSSR count). The molecule has 7 heteroatoms. The Labute approximate surface area is 146 Å². The molecule has 1 fully saturated rings. The van der Waals surface area contributed by atoms with Gasteiger partial charge in [0.1, 0.15) is 11.5 Å². The fraction of sp³-hybridized carbons (Fsp3) is 0.444. The van der Waals surface area contributed by atoms with Crippen LogP contribution in [0.15, 0.2) is 24.3 Å². The molecule has 6 nitrogen and oxygen atoms in total. The van der Waals surface area contributed by atoms with Crippen molar-refractivity contribution in [3.8, 4) is 0 Å². The number of hydrogen-bond acceptors (Lipinski definition) is 3. The maximum atomic E-state index is 13.5. The third-order valence-electron chi connectivity index (χ3n) is 4.85. The summed E-state index contributed by atoms with van der Waals surface area (Å²) in [4.78, 5) is 28.9. The van der Waals surface area contributed by atoms with Gasteiger partial charge in [-0.1, -0.05) is 0 Å². The largest absolute Gasteiger partial charge is 0.359 e. The molecule has 1 saturated heterocycles. The highest BCUT2D eigenvalue weighted by Crippen LogP contribution is 2.22. The van der Waals surface area contributed by atoms with Gasteiger partial charge in [0.05, 0.1) is 5.92 Å². The van der Waals surface area contributed by atoms with Crippen molar-refractivity contribution < 1.29 is 14.0 Å². The van der Waals surface area contributed by atoms with Crippen molar-refractivity contribution in [2.75, 3.05) is 40.3 Å². The van der Waals surface area contributed by atoms with Crippen LogP contribution in [0, 0.1) is 11.7 Å². The number of halogens is 1. The van der Waals surface area contributed by atoms with E-state index in [0.29, 0.717) is 37.3 Å². The molecule has 134 valence electrons. The summed E-state index contributed by atoms with van der Waals surface area (Å²) in [7, 11) is 5.36. The summed E-state index contributed by atoms with van der Waals surface area (Å²) in [6.07, 6.45) is 0. The second-order valence-electron chi connectivity index (χ2n) is 6.62. The van der Waals surface area contributed by atoms with Crippen molar-refractivity contribution in [2.45, 2.75) is 0 Å². The average molecular weight is 346 g/mol. The molecule has 1 N–H and O–H groups in total. The molecule has 0 unspecified atom stereocenters. The number of aromatic nitrogens is 1. The van der Waals surface area contributed by atoms with Crippen LogP contribution < -0.4 is 5.32 Å². The third-order valence-corrected chi connectivity index (χ3v) is 4.85. The minimum Gasteiger partial charge on any atom is -0.359 e. The molecule has 1 aromatic heterocycles. The van der Waals surface area contributed by atoms with E-state index < -0.39 is 0 Å². The average Bonchev–Trinajstić information content (AvgIpc) is 2.78. The van der Waals surface area contributed by atoms with Crippen molar-refractivity contribution in [3.63, 3.8) is 0 Å². The number of fused-ring (bicyclic) bond motifs is 1. The number of nitrogens with one attached hydrogen (secondary N) is 1. The molecular formula is C18H23FN4O2. The second-order valence-corrected chi connectivity index (χ2v) is 6.62. The van der Waals surface area contributed by atoms with E-state index in [1.165, 1.54) is 12.1 Å². The number of likely N-dealkylation sites (N-methyl/N-ethyl adjacent to an activating group) is 1. The van der Waals surface area contributed by atoms with Gasteiger partial charge in [0.15, 0.2) is 0 Å². The Bertz CT molecular complexity index is 817. The molecule has 0 aliphatic carbocycles. The predicted molar refractivity (Wildman–Crippen MR) is 93.8 cm³/mol. The fourth-order valence-corrected chi connectivity index (χ4v) is 3.42. The van der Waals surface area contributed by atoms with Crippen molar-refractivity contribution >= 4 is 22.7 Å². The SMILES string of the molecule is CNC(=O)[C@@H]1CN(C)CCN(C(=O)c2cc3cc(F)ccc3n2C)C1. The Kier molecular flexibility index (Phi) is 4.76. The van der Waals surface area contributed by atoms with Crippen molar-refractivity contribution in [3.05, 3.63) is 35.8 Å². The highest BCUT2D eigenvalue weighted by Gasteiger charge is 2.30. The summed E-state index contributed by atoms with van der Waals surface area (Å²) >= 11 is 0. The van der Waals surface area contributed by atoms with Gasteiger partial charge in [-0.3, -0.25) is 9.59 Å². The van der Waals surface area contributed by atoms with Crippen LogP contribution in [0.4, 0.5) is 4.39 Å². The number of rotatable bonds is 2. The molecule has 1 atom stereocenters. The zero-order valence-corrected chi connectivity index (χ0v) is 14.8. The molecule has 0 bridgehead atoms. The molecule has 2 heterocycles. The first kappa shape index (κ1) is 17.4. The summed E-state index contributed by atoms with van der Waals surface area (Å²) in [6.45, 7) is 2.25. The Balaban J connectivity index is 1.91. The lowest BCUT2D eigenvalue weighted by Gasteiger charge is -2.23. The first-order valence-corrected chi connectivity index (χ1v) is 8.35. The van der Waals surface area contributed by atoms with Crippen LogP contribution in [0.3, 0.4) is 0 Å². The molecular weight excluding hydrogens is 323 g/mol. The second kappa shape index (κ2) is 6.84. The van der Waals surface area contributed by atoms with E-state index >= 15 is 0 Å². The van der Waals surface area contributed by atoms with E-state index in [0.717, 1.165) is 5.52 Å². The molecule has 2 aromatic rings. The van der Waals surface area contributed by atoms with Crippen LogP contribution in [0.5, 0.6) is 0 Å². The Hall–Kier alpha value is -2.41. The zero-order chi connectivity index (χ0) is 18.1. The summed E-state index contributed by atoms with van der Waals surface area (Å²) < 4.78 is 15.2. The first-order valence-electron chi connectivity index (χ1n) is 8.35. The quantitative estimate of drug-likeness (QED) is 0.885. The van der Waals surface area contributed by atoms with Gasteiger partial charge in [0.25, 0.3) is 5.91 Å². The lowest BCUT2D eigenvalue weighted by molar-refractivity contribution is -0.125. The summed E-state index contributed by atoms with van der Waals surface area (Å²) in [6, 6.07) is 6.20. The van der Waals surface area contributed by atoms with Crippen molar-refractivity contribution in [2.24, 2.45) is 13.0 Å². The van der Waals surface area contributed by atoms with E-state index in [1.54, 1.807) is 35.7 Å². The Morgan fingerprint density at radius 2 is 1.92 bits per heavy atom. The molecule has 1 aliphatic heterocycles. The van der Waals surface area contributed by atoms with Gasteiger partial charge in [-0.2, -0.15) is 0 Å². The number of amides is 2. The van der Waals surface area contributed by atoms with Gasteiger partial charge in [-0.15, -0.1) is 0 Å². The number of nitrogens with zero attached hydrogens (tertiary/aromatic N) is 3. The van der Waals surface area contributed by atoms with Gasteiger partial charge in [-0.05, 0) is 31.3 Å². The highest BCUT2D eigenvalue weighted by molar-refractivity contribution is 5.99. The van der Waals surface area contributed by atoms with E-state index in [-0.39, 0.29) is 23.5 Å². The maximum absolute atomic E-state index is 13.5. The van der Waals surface area contributed by atoms with Crippen molar-refractivity contribution in [1.82, 2.24) is 19.7 Å². The Morgan fingerprint density at radius 3 is 2.64 bits per heavy atom. The number of benzene rings is 1. The number of carbonyl (C=O) groups excluding carboxylic acids is 2. The van der Waals surface area contributed by atoms with E-state index in [2.05, 4.69) is 10.2 Å². The monoisotopic (exact) mass is 346 g/mol. The van der Waals surface area contributed by atoms with Crippen LogP contribution in [-0.4, -0.2) is 66.5 Å². The van der Waals surface area contributed by atoms with E-state index in [4.69, 9.17) is 0 Å². The smallest absolute Gasteiger partial charge is 0.270 e. The minimum absolute atomic E-state index is 0.0642. The molecule has 1 aliphatic rings. The van der Waals surface area contributed by atoms with Crippen LogP contribution in [0.2, 0.25) is 0 Å². The molecule has 2 amide bonds. The van der Waals surface area contributed by atoms with Gasteiger partial charge in [0.2, 0.25) is 5.91 Å². The topological polar surface area (TPSA) is 57.6 Å². The molecule has 25 heavy (non-hydrogen) atoms. The zero-order valence-electron chi connectivity index (χ0n) is 14.8. The normalized spacial score (nSPS) is 19.0. The molecule has 0 spiro atoms. The molecule has 0 radical (unpaired) electrons. The van der Waals surface area contributed by atoms with Crippen molar-refractivity contribution in [1.29, 1.82) is 0 Å². The van der Waals surface area contributed by atoms with Crippen LogP contribution >= 0.6 is 0 Å². The summed E-state index contributed by atoms with van der Waals surface area (Å²) in [5, 5.41) is 3.37. The predicted octanol–water partition coefficient (Wildman–Crippen LogP) is 1.07. The lowest BCUT2D eigenvalue weighted by atomic mass is 10.1. The lowest BCUT2D eigenvalue weighted by Crippen LogP contribution is -2.41. The summed E-state index contributed by atoms with van der Waals surface area (Å²) in [5.74, 6) is -0.796. The first-order chi connectivity index (χ1) is 11.9. The number of hydrogen-bond donors (Lipinski definition) is 1. The van der Waals surface area contributed by atoms with E-state index in [9.17, 15) is 14.0 Å². The van der Waals surface area contributed by atoms with Gasteiger partial charge in [0, 0.05) is 51.2 Å². The van der Waals surface area contributed by atoms with Gasteiger partial charge >= 0.3 is 0 Å². The van der Waals surface area contributed by atoms with Gasteiger partial charge in [-0.25, -0.2) is 4.39 Å². The standard InChI is InChI=1S/C18H23FN4O2/c1-20-17(24)13-10-21(2)6-7-23(11-13)18(25)16-9-12-8-14(19)4-5-15(12)22(16)3/h4-5,8-9,13H,6-7,10-11H2,1-3H3,(H,20,24)/t13-/m1/s1.